The van der Waals surface area contributed by atoms with Crippen LogP contribution >= 0.6 is 0 Å². The highest BCUT2D eigenvalue weighted by atomic mass is 32.2. The Kier molecular flexibility index (Phi) is 5.43. The van der Waals surface area contributed by atoms with Crippen molar-refractivity contribution in [3.63, 3.8) is 0 Å². The molecule has 2 unspecified atom stereocenters. The topological polar surface area (TPSA) is 86.2 Å². The Labute approximate surface area is 109 Å². The van der Waals surface area contributed by atoms with Crippen molar-refractivity contribution in [1.82, 2.24) is 0 Å². The lowest BCUT2D eigenvalue weighted by atomic mass is 10.1. The molecule has 0 saturated heterocycles. The van der Waals surface area contributed by atoms with E-state index in [0.29, 0.717) is 23.6 Å². The van der Waals surface area contributed by atoms with Crippen LogP contribution in [0.25, 0.3) is 0 Å². The zero-order chi connectivity index (χ0) is 13.7. The van der Waals surface area contributed by atoms with Crippen LogP contribution in [0, 0.1) is 23.0 Å². The molecule has 5 nitrogen and oxygen atoms in total. The van der Waals surface area contributed by atoms with Crippen LogP contribution in [-0.2, 0) is 16.6 Å². The average molecular weight is 270 g/mol. The molecular weight excluding hydrogens is 252 g/mol. The lowest BCUT2D eigenvalue weighted by Crippen LogP contribution is -2.18. The van der Waals surface area contributed by atoms with Gasteiger partial charge in [0, 0.05) is 33.9 Å². The van der Waals surface area contributed by atoms with Gasteiger partial charge in [-0.2, -0.15) is 0 Å². The van der Waals surface area contributed by atoms with Gasteiger partial charge in [-0.1, -0.05) is 19.1 Å². The Bertz CT molecular complexity index is 463. The van der Waals surface area contributed by atoms with Gasteiger partial charge in [0.2, 0.25) is 0 Å². The van der Waals surface area contributed by atoms with Gasteiger partial charge in [-0.3, -0.25) is 14.3 Å². The largest absolute Gasteiger partial charge is 0.330 e. The summed E-state index contributed by atoms with van der Waals surface area (Å²) in [7, 11) is -1.04. The molecule has 6 heteroatoms. The fourth-order valence-electron chi connectivity index (χ4n) is 1.64. The molecule has 0 aliphatic carbocycles. The maximum atomic E-state index is 11.9. The Morgan fingerprint density at radius 2 is 2.17 bits per heavy atom. The second-order valence-corrected chi connectivity index (χ2v) is 5.91. The molecule has 100 valence electrons. The fourth-order valence-corrected chi connectivity index (χ4v) is 3.19. The Morgan fingerprint density at radius 3 is 2.72 bits per heavy atom. The molecule has 1 rings (SSSR count). The van der Waals surface area contributed by atoms with Gasteiger partial charge in [0.25, 0.3) is 5.69 Å². The molecular formula is C12H18N2O3S. The molecule has 18 heavy (non-hydrogen) atoms. The van der Waals surface area contributed by atoms with E-state index in [2.05, 4.69) is 0 Å². The van der Waals surface area contributed by atoms with Crippen molar-refractivity contribution in [2.24, 2.45) is 11.7 Å². The summed E-state index contributed by atoms with van der Waals surface area (Å²) in [6.45, 7) is 4.13. The third-order valence-corrected chi connectivity index (χ3v) is 4.38. The summed E-state index contributed by atoms with van der Waals surface area (Å²) >= 11 is 0. The quantitative estimate of drug-likeness (QED) is 0.630. The molecule has 0 aliphatic heterocycles. The Morgan fingerprint density at radius 1 is 1.50 bits per heavy atom. The van der Waals surface area contributed by atoms with E-state index < -0.39 is 15.7 Å². The molecule has 0 radical (unpaired) electrons. The maximum Gasteiger partial charge on any atom is 0.272 e. The summed E-state index contributed by atoms with van der Waals surface area (Å²) in [5.74, 6) is 1.07. The molecule has 0 amide bonds. The summed E-state index contributed by atoms with van der Waals surface area (Å²) in [5, 5.41) is 10.8. The maximum absolute atomic E-state index is 11.9. The predicted molar refractivity (Wildman–Crippen MR) is 72.8 cm³/mol. The van der Waals surface area contributed by atoms with Crippen LogP contribution in [0.2, 0.25) is 0 Å². The minimum Gasteiger partial charge on any atom is -0.330 e. The van der Waals surface area contributed by atoms with Crippen molar-refractivity contribution in [2.45, 2.75) is 19.6 Å². The first-order chi connectivity index (χ1) is 8.45. The summed E-state index contributed by atoms with van der Waals surface area (Å²) in [6, 6.07) is 4.88. The van der Waals surface area contributed by atoms with Gasteiger partial charge in [0.15, 0.2) is 0 Å². The van der Waals surface area contributed by atoms with Crippen LogP contribution < -0.4 is 5.73 Å². The molecule has 1 aromatic carbocycles. The van der Waals surface area contributed by atoms with E-state index in [-0.39, 0.29) is 11.6 Å². The third-order valence-electron chi connectivity index (χ3n) is 2.80. The SMILES string of the molecule is Cc1c(CS(=O)CC(C)CN)cccc1[N+](=O)[O-]. The Balaban J connectivity index is 2.82. The third kappa shape index (κ3) is 3.89. The highest BCUT2D eigenvalue weighted by Gasteiger charge is 2.15. The molecule has 0 saturated carbocycles. The van der Waals surface area contributed by atoms with Crippen molar-refractivity contribution in [2.75, 3.05) is 12.3 Å². The number of nitrogens with zero attached hydrogens (tertiary/aromatic N) is 1. The number of nitro groups is 1. The summed E-state index contributed by atoms with van der Waals surface area (Å²) in [4.78, 5) is 10.4. The average Bonchev–Trinajstić information content (AvgIpc) is 2.31. The van der Waals surface area contributed by atoms with Gasteiger partial charge in [0.05, 0.1) is 4.92 Å². The van der Waals surface area contributed by atoms with E-state index in [0.717, 1.165) is 5.56 Å². The molecule has 0 fully saturated rings. The van der Waals surface area contributed by atoms with E-state index in [4.69, 9.17) is 5.73 Å². The van der Waals surface area contributed by atoms with E-state index in [1.165, 1.54) is 6.07 Å². The second kappa shape index (κ2) is 6.61. The standard InChI is InChI=1S/C12H18N2O3S/c1-9(6-13)7-18(17)8-11-4-3-5-12(10(11)2)14(15)16/h3-5,9H,6-8,13H2,1-2H3. The first-order valence-corrected chi connectivity index (χ1v) is 7.22. The normalized spacial score (nSPS) is 14.2. The minimum atomic E-state index is -1.04. The lowest BCUT2D eigenvalue weighted by molar-refractivity contribution is -0.385. The van der Waals surface area contributed by atoms with Crippen LogP contribution in [0.5, 0.6) is 0 Å². The summed E-state index contributed by atoms with van der Waals surface area (Å²) < 4.78 is 11.9. The monoisotopic (exact) mass is 270 g/mol. The molecule has 1 aromatic rings. The van der Waals surface area contributed by atoms with Gasteiger partial charge in [0.1, 0.15) is 0 Å². The van der Waals surface area contributed by atoms with Gasteiger partial charge < -0.3 is 5.73 Å². The highest BCUT2D eigenvalue weighted by Crippen LogP contribution is 2.22. The Hall–Kier alpha value is -1.27. The van der Waals surface area contributed by atoms with Crippen molar-refractivity contribution in [3.05, 3.63) is 39.4 Å². The van der Waals surface area contributed by atoms with Crippen LogP contribution in [-0.4, -0.2) is 21.4 Å². The first-order valence-electron chi connectivity index (χ1n) is 5.73. The van der Waals surface area contributed by atoms with E-state index in [1.807, 2.05) is 6.92 Å². The number of nitro benzene ring substituents is 1. The number of nitrogens with two attached hydrogens (primary N) is 1. The van der Waals surface area contributed by atoms with Crippen molar-refractivity contribution >= 4 is 16.5 Å². The zero-order valence-corrected chi connectivity index (χ0v) is 11.4. The lowest BCUT2D eigenvalue weighted by Gasteiger charge is -2.09. The van der Waals surface area contributed by atoms with Gasteiger partial charge in [-0.05, 0) is 24.9 Å². The zero-order valence-electron chi connectivity index (χ0n) is 10.6. The van der Waals surface area contributed by atoms with Crippen LogP contribution in [0.1, 0.15) is 18.1 Å². The predicted octanol–water partition coefficient (Wildman–Crippen LogP) is 1.75. The van der Waals surface area contributed by atoms with Crippen LogP contribution in [0.4, 0.5) is 5.69 Å². The molecule has 0 heterocycles. The van der Waals surface area contributed by atoms with E-state index in [1.54, 1.807) is 19.1 Å². The molecule has 0 spiro atoms. The van der Waals surface area contributed by atoms with Crippen molar-refractivity contribution in [3.8, 4) is 0 Å². The van der Waals surface area contributed by atoms with Gasteiger partial charge in [-0.15, -0.1) is 0 Å². The molecule has 2 atom stereocenters. The van der Waals surface area contributed by atoms with E-state index in [9.17, 15) is 14.3 Å². The molecule has 2 N–H and O–H groups in total. The summed E-state index contributed by atoms with van der Waals surface area (Å²) in [6.07, 6.45) is 0. The van der Waals surface area contributed by atoms with Crippen molar-refractivity contribution in [1.29, 1.82) is 0 Å². The fraction of sp³-hybridized carbons (Fsp3) is 0.500. The minimum absolute atomic E-state index is 0.0800. The summed E-state index contributed by atoms with van der Waals surface area (Å²) in [5.41, 5.74) is 6.93. The van der Waals surface area contributed by atoms with Crippen LogP contribution in [0.15, 0.2) is 18.2 Å². The van der Waals surface area contributed by atoms with E-state index >= 15 is 0 Å². The highest BCUT2D eigenvalue weighted by molar-refractivity contribution is 7.84. The molecule has 0 aromatic heterocycles. The number of hydrogen-bond acceptors (Lipinski definition) is 4. The number of rotatable bonds is 6. The smallest absolute Gasteiger partial charge is 0.272 e. The molecule has 0 aliphatic rings. The van der Waals surface area contributed by atoms with Crippen LogP contribution in [0.3, 0.4) is 0 Å². The first kappa shape index (κ1) is 14.8. The van der Waals surface area contributed by atoms with Gasteiger partial charge >= 0.3 is 0 Å². The molecule has 0 bridgehead atoms. The van der Waals surface area contributed by atoms with Gasteiger partial charge in [-0.25, -0.2) is 0 Å². The van der Waals surface area contributed by atoms with Crippen molar-refractivity contribution < 1.29 is 9.13 Å². The number of benzene rings is 1. The number of hydrogen-bond donors (Lipinski definition) is 1. The second-order valence-electron chi connectivity index (χ2n) is 4.41.